The van der Waals surface area contributed by atoms with Gasteiger partial charge in [0.2, 0.25) is 0 Å². The Hall–Kier alpha value is -2.50. The SMILES string of the molecule is c1ccc(CN2C[C@@H]3[C@H](C2)n2nnc(-c4ccccc4)c2CCN3CC2CC2)cc1. The Balaban J connectivity index is 1.32. The Labute approximate surface area is 178 Å². The summed E-state index contributed by atoms with van der Waals surface area (Å²) in [6, 6.07) is 22.4. The molecule has 2 fully saturated rings. The van der Waals surface area contributed by atoms with Crippen molar-refractivity contribution in [2.75, 3.05) is 26.2 Å². The highest BCUT2D eigenvalue weighted by molar-refractivity contribution is 5.61. The molecule has 3 aliphatic rings. The second-order valence-corrected chi connectivity index (χ2v) is 9.20. The van der Waals surface area contributed by atoms with Crippen LogP contribution < -0.4 is 0 Å². The van der Waals surface area contributed by atoms with E-state index in [9.17, 15) is 0 Å². The standard InChI is InChI=1S/C25H29N5/c1-3-7-19(8-4-1)15-28-17-23-24(18-28)30-22(13-14-29(23)16-20-11-12-20)25(26-27-30)21-9-5-2-6-10-21/h1-10,20,23-24H,11-18H2/t23-,24+/m1/s1. The quantitative estimate of drug-likeness (QED) is 0.656. The molecule has 1 aliphatic carbocycles. The molecular formula is C25H29N5. The van der Waals surface area contributed by atoms with E-state index in [-0.39, 0.29) is 0 Å². The summed E-state index contributed by atoms with van der Waals surface area (Å²) in [6.07, 6.45) is 3.85. The van der Waals surface area contributed by atoms with E-state index in [2.05, 4.69) is 80.2 Å². The first-order chi connectivity index (χ1) is 14.8. The maximum Gasteiger partial charge on any atom is 0.116 e. The highest BCUT2D eigenvalue weighted by Crippen LogP contribution is 2.37. The molecule has 0 radical (unpaired) electrons. The fourth-order valence-corrected chi connectivity index (χ4v) is 5.32. The Bertz CT molecular complexity index is 995. The van der Waals surface area contributed by atoms with E-state index in [0.29, 0.717) is 12.1 Å². The van der Waals surface area contributed by atoms with Gasteiger partial charge in [-0.1, -0.05) is 65.9 Å². The van der Waals surface area contributed by atoms with Crippen molar-refractivity contribution in [1.82, 2.24) is 24.8 Å². The number of likely N-dealkylation sites (tertiary alicyclic amines) is 1. The molecule has 2 aromatic carbocycles. The number of rotatable bonds is 5. The molecule has 5 heteroatoms. The lowest BCUT2D eigenvalue weighted by Crippen LogP contribution is -2.42. The van der Waals surface area contributed by atoms with Gasteiger partial charge >= 0.3 is 0 Å². The van der Waals surface area contributed by atoms with Crippen LogP contribution in [-0.4, -0.2) is 57.0 Å². The molecule has 6 rings (SSSR count). The smallest absolute Gasteiger partial charge is 0.116 e. The Morgan fingerprint density at radius 2 is 1.60 bits per heavy atom. The van der Waals surface area contributed by atoms with Gasteiger partial charge in [-0.15, -0.1) is 5.10 Å². The van der Waals surface area contributed by atoms with Crippen LogP contribution >= 0.6 is 0 Å². The van der Waals surface area contributed by atoms with Gasteiger partial charge in [-0.3, -0.25) is 9.80 Å². The number of nitrogens with zero attached hydrogens (tertiary/aromatic N) is 5. The van der Waals surface area contributed by atoms with E-state index >= 15 is 0 Å². The van der Waals surface area contributed by atoms with Crippen molar-refractivity contribution in [3.63, 3.8) is 0 Å². The predicted octanol–water partition coefficient (Wildman–Crippen LogP) is 3.64. The van der Waals surface area contributed by atoms with Crippen LogP contribution in [0.4, 0.5) is 0 Å². The van der Waals surface area contributed by atoms with Crippen LogP contribution in [0.15, 0.2) is 60.7 Å². The monoisotopic (exact) mass is 399 g/mol. The molecular weight excluding hydrogens is 370 g/mol. The zero-order valence-electron chi connectivity index (χ0n) is 17.4. The first-order valence-corrected chi connectivity index (χ1v) is 11.3. The van der Waals surface area contributed by atoms with Gasteiger partial charge in [-0.05, 0) is 24.3 Å². The zero-order chi connectivity index (χ0) is 19.9. The summed E-state index contributed by atoms with van der Waals surface area (Å²) in [4.78, 5) is 5.39. The van der Waals surface area contributed by atoms with Crippen molar-refractivity contribution in [3.05, 3.63) is 71.9 Å². The van der Waals surface area contributed by atoms with E-state index in [1.165, 1.54) is 36.2 Å². The van der Waals surface area contributed by atoms with E-state index in [0.717, 1.165) is 44.2 Å². The summed E-state index contributed by atoms with van der Waals surface area (Å²) in [6.45, 7) is 5.54. The molecule has 0 unspecified atom stereocenters. The molecule has 1 saturated carbocycles. The summed E-state index contributed by atoms with van der Waals surface area (Å²) < 4.78 is 2.28. The van der Waals surface area contributed by atoms with Crippen molar-refractivity contribution in [2.24, 2.45) is 5.92 Å². The molecule has 1 aromatic heterocycles. The molecule has 0 N–H and O–H groups in total. The van der Waals surface area contributed by atoms with Crippen molar-refractivity contribution in [2.45, 2.75) is 37.9 Å². The van der Waals surface area contributed by atoms with Crippen LogP contribution in [-0.2, 0) is 13.0 Å². The first-order valence-electron chi connectivity index (χ1n) is 11.3. The van der Waals surface area contributed by atoms with Gasteiger partial charge in [0.1, 0.15) is 5.69 Å². The molecule has 1 saturated heterocycles. The van der Waals surface area contributed by atoms with Crippen LogP contribution in [0.5, 0.6) is 0 Å². The second kappa shape index (κ2) is 7.64. The minimum atomic E-state index is 0.384. The molecule has 0 amide bonds. The van der Waals surface area contributed by atoms with Gasteiger partial charge in [0, 0.05) is 50.7 Å². The highest BCUT2D eigenvalue weighted by Gasteiger charge is 2.43. The zero-order valence-corrected chi connectivity index (χ0v) is 17.4. The highest BCUT2D eigenvalue weighted by atomic mass is 15.5. The van der Waals surface area contributed by atoms with Gasteiger partial charge in [-0.2, -0.15) is 0 Å². The molecule has 0 spiro atoms. The molecule has 2 aliphatic heterocycles. The maximum absolute atomic E-state index is 4.72. The lowest BCUT2D eigenvalue weighted by Gasteiger charge is -2.30. The number of benzene rings is 2. The Kier molecular flexibility index (Phi) is 4.65. The largest absolute Gasteiger partial charge is 0.296 e. The number of aromatic nitrogens is 3. The van der Waals surface area contributed by atoms with E-state index < -0.39 is 0 Å². The fourth-order valence-electron chi connectivity index (χ4n) is 5.32. The Morgan fingerprint density at radius 1 is 0.867 bits per heavy atom. The molecule has 2 atom stereocenters. The van der Waals surface area contributed by atoms with Gasteiger partial charge < -0.3 is 0 Å². The summed E-state index contributed by atoms with van der Waals surface area (Å²) in [7, 11) is 0. The third-order valence-electron chi connectivity index (χ3n) is 7.03. The molecule has 154 valence electrons. The molecule has 30 heavy (non-hydrogen) atoms. The van der Waals surface area contributed by atoms with Crippen molar-refractivity contribution >= 4 is 0 Å². The van der Waals surface area contributed by atoms with Crippen LogP contribution in [0.2, 0.25) is 0 Å². The summed E-state index contributed by atoms with van der Waals surface area (Å²) in [5, 5.41) is 9.37. The van der Waals surface area contributed by atoms with Gasteiger partial charge in [0.05, 0.1) is 11.7 Å². The Morgan fingerprint density at radius 3 is 2.37 bits per heavy atom. The number of hydrogen-bond donors (Lipinski definition) is 0. The van der Waals surface area contributed by atoms with Crippen LogP contribution in [0.3, 0.4) is 0 Å². The van der Waals surface area contributed by atoms with Gasteiger partial charge in [0.25, 0.3) is 0 Å². The van der Waals surface area contributed by atoms with E-state index in [4.69, 9.17) is 5.21 Å². The van der Waals surface area contributed by atoms with Crippen LogP contribution in [0.25, 0.3) is 11.3 Å². The molecule has 3 aromatic rings. The van der Waals surface area contributed by atoms with Gasteiger partial charge in [0.15, 0.2) is 0 Å². The molecule has 3 heterocycles. The van der Waals surface area contributed by atoms with E-state index in [1.54, 1.807) is 0 Å². The van der Waals surface area contributed by atoms with Crippen LogP contribution in [0.1, 0.15) is 30.1 Å². The third-order valence-corrected chi connectivity index (χ3v) is 7.03. The lowest BCUT2D eigenvalue weighted by atomic mass is 10.1. The summed E-state index contributed by atoms with van der Waals surface area (Å²) >= 11 is 0. The van der Waals surface area contributed by atoms with Crippen molar-refractivity contribution < 1.29 is 0 Å². The minimum absolute atomic E-state index is 0.384. The van der Waals surface area contributed by atoms with Crippen molar-refractivity contribution in [1.29, 1.82) is 0 Å². The average Bonchev–Trinajstić information content (AvgIpc) is 3.39. The lowest BCUT2D eigenvalue weighted by molar-refractivity contribution is 0.169. The number of fused-ring (bicyclic) bond motifs is 3. The van der Waals surface area contributed by atoms with Gasteiger partial charge in [-0.25, -0.2) is 4.68 Å². The van der Waals surface area contributed by atoms with Crippen molar-refractivity contribution in [3.8, 4) is 11.3 Å². The maximum atomic E-state index is 4.72. The topological polar surface area (TPSA) is 37.2 Å². The molecule has 0 bridgehead atoms. The fraction of sp³-hybridized carbons (Fsp3) is 0.440. The average molecular weight is 400 g/mol. The predicted molar refractivity (Wildman–Crippen MR) is 118 cm³/mol. The molecule has 5 nitrogen and oxygen atoms in total. The summed E-state index contributed by atoms with van der Waals surface area (Å²) in [5.74, 6) is 0.908. The normalized spacial score (nSPS) is 24.4. The second-order valence-electron chi connectivity index (χ2n) is 9.20. The van der Waals surface area contributed by atoms with E-state index in [1.807, 2.05) is 0 Å². The van der Waals surface area contributed by atoms with Crippen LogP contribution in [0, 0.1) is 5.92 Å². The first kappa shape index (κ1) is 18.3. The minimum Gasteiger partial charge on any atom is -0.296 e. The number of hydrogen-bond acceptors (Lipinski definition) is 4. The third kappa shape index (κ3) is 3.46. The summed E-state index contributed by atoms with van der Waals surface area (Å²) in [5.41, 5.74) is 4.97.